The molecule has 0 fully saturated rings. The van der Waals surface area contributed by atoms with E-state index in [0.717, 1.165) is 21.7 Å². The fourth-order valence-corrected chi connectivity index (χ4v) is 5.54. The van der Waals surface area contributed by atoms with Crippen LogP contribution in [-0.4, -0.2) is 50.0 Å². The molecule has 0 unspecified atom stereocenters. The maximum absolute atomic E-state index is 14.1. The molecule has 0 aliphatic heterocycles. The van der Waals surface area contributed by atoms with Gasteiger partial charge in [0.25, 0.3) is 0 Å². The molecule has 3 aromatic carbocycles. The van der Waals surface area contributed by atoms with Crippen LogP contribution in [0.25, 0.3) is 0 Å². The average Bonchev–Trinajstić information content (AvgIpc) is 2.90. The predicted octanol–water partition coefficient (Wildman–Crippen LogP) is 5.62. The van der Waals surface area contributed by atoms with Crippen LogP contribution in [0.2, 0.25) is 10.0 Å². The Bertz CT molecular complexity index is 1430. The van der Waals surface area contributed by atoms with E-state index in [0.29, 0.717) is 27.7 Å². The molecule has 2 amide bonds. The van der Waals surface area contributed by atoms with E-state index in [-0.39, 0.29) is 24.9 Å². The summed E-state index contributed by atoms with van der Waals surface area (Å²) >= 11 is 12.6. The summed E-state index contributed by atoms with van der Waals surface area (Å²) in [4.78, 5) is 29.2. The van der Waals surface area contributed by atoms with Crippen molar-refractivity contribution in [2.24, 2.45) is 0 Å². The molecule has 0 bridgehead atoms. The van der Waals surface area contributed by atoms with Crippen molar-refractivity contribution in [3.05, 3.63) is 99.5 Å². The molecule has 7 nitrogen and oxygen atoms in total. The first-order valence-electron chi connectivity index (χ1n) is 13.0. The highest BCUT2D eigenvalue weighted by molar-refractivity contribution is 7.92. The van der Waals surface area contributed by atoms with Crippen LogP contribution in [0.4, 0.5) is 5.69 Å². The number of halogens is 2. The highest BCUT2D eigenvalue weighted by Gasteiger charge is 2.33. The lowest BCUT2D eigenvalue weighted by Crippen LogP contribution is -2.54. The Kier molecular flexibility index (Phi) is 11.0. The lowest BCUT2D eigenvalue weighted by Gasteiger charge is -2.34. The van der Waals surface area contributed by atoms with Crippen molar-refractivity contribution in [1.82, 2.24) is 10.2 Å². The number of carbonyl (C=O) groups is 2. The van der Waals surface area contributed by atoms with Crippen LogP contribution in [0.1, 0.15) is 37.0 Å². The van der Waals surface area contributed by atoms with Gasteiger partial charge in [-0.3, -0.25) is 13.9 Å². The maximum Gasteiger partial charge on any atom is 0.244 e. The van der Waals surface area contributed by atoms with Crippen LogP contribution < -0.4 is 9.62 Å². The summed E-state index contributed by atoms with van der Waals surface area (Å²) in [6.07, 6.45) is 1.99. The molecular formula is C30H35Cl2N3O4S. The number of hydrogen-bond donors (Lipinski definition) is 1. The van der Waals surface area contributed by atoms with E-state index in [4.69, 9.17) is 23.2 Å². The summed E-state index contributed by atoms with van der Waals surface area (Å²) < 4.78 is 26.8. The van der Waals surface area contributed by atoms with Gasteiger partial charge >= 0.3 is 0 Å². The summed E-state index contributed by atoms with van der Waals surface area (Å²) in [6, 6.07) is 20.2. The van der Waals surface area contributed by atoms with Crippen LogP contribution in [0.15, 0.2) is 72.8 Å². The van der Waals surface area contributed by atoms with Gasteiger partial charge in [-0.05, 0) is 61.2 Å². The fraction of sp³-hybridized carbons (Fsp3) is 0.333. The average molecular weight is 605 g/mol. The summed E-state index contributed by atoms with van der Waals surface area (Å²) in [5, 5.41) is 3.77. The minimum absolute atomic E-state index is 0.0221. The Labute approximate surface area is 247 Å². The second kappa shape index (κ2) is 14.0. The summed E-state index contributed by atoms with van der Waals surface area (Å²) in [7, 11) is -3.84. The minimum Gasteiger partial charge on any atom is -0.352 e. The number of carbonyl (C=O) groups excluding carboxylic acids is 2. The molecule has 0 aliphatic carbocycles. The topological polar surface area (TPSA) is 86.8 Å². The van der Waals surface area contributed by atoms with E-state index in [1.165, 1.54) is 4.90 Å². The minimum atomic E-state index is -3.84. The van der Waals surface area contributed by atoms with Gasteiger partial charge in [0.05, 0.1) is 11.9 Å². The summed E-state index contributed by atoms with van der Waals surface area (Å²) in [5.41, 5.74) is 2.64. The Morgan fingerprint density at radius 3 is 2.27 bits per heavy atom. The number of anilines is 1. The van der Waals surface area contributed by atoms with Crippen molar-refractivity contribution in [3.63, 3.8) is 0 Å². The van der Waals surface area contributed by atoms with Crippen molar-refractivity contribution in [2.45, 2.75) is 52.2 Å². The molecule has 0 aliphatic rings. The fourth-order valence-electron chi connectivity index (χ4n) is 4.23. The van der Waals surface area contributed by atoms with Crippen LogP contribution in [0, 0.1) is 6.92 Å². The van der Waals surface area contributed by atoms with Gasteiger partial charge in [0.1, 0.15) is 12.6 Å². The second-order valence-electron chi connectivity index (χ2n) is 9.89. The van der Waals surface area contributed by atoms with Crippen LogP contribution >= 0.6 is 23.2 Å². The number of benzene rings is 3. The smallest absolute Gasteiger partial charge is 0.244 e. The van der Waals surface area contributed by atoms with Gasteiger partial charge in [-0.2, -0.15) is 0 Å². The molecule has 40 heavy (non-hydrogen) atoms. The molecule has 1 N–H and O–H groups in total. The van der Waals surface area contributed by atoms with Gasteiger partial charge in [0.2, 0.25) is 21.8 Å². The number of amides is 2. The zero-order chi connectivity index (χ0) is 29.4. The van der Waals surface area contributed by atoms with Gasteiger partial charge in [-0.1, -0.05) is 78.7 Å². The van der Waals surface area contributed by atoms with E-state index >= 15 is 0 Å². The van der Waals surface area contributed by atoms with E-state index in [9.17, 15) is 18.0 Å². The zero-order valence-electron chi connectivity index (χ0n) is 23.1. The Hall–Kier alpha value is -3.07. The number of rotatable bonds is 12. The largest absolute Gasteiger partial charge is 0.352 e. The van der Waals surface area contributed by atoms with E-state index in [2.05, 4.69) is 5.32 Å². The first-order valence-corrected chi connectivity index (χ1v) is 15.6. The molecule has 0 saturated carbocycles. The highest BCUT2D eigenvalue weighted by atomic mass is 35.5. The number of nitrogens with zero attached hydrogens (tertiary/aromatic N) is 2. The SMILES string of the molecule is CC[C@@H](C)NC(=O)[C@@H](Cc1ccccc1)N(Cc1ccc(Cl)cc1Cl)C(=O)CN(c1cccc(C)c1)S(C)(=O)=O. The maximum atomic E-state index is 14.1. The lowest BCUT2D eigenvalue weighted by atomic mass is 10.0. The number of sulfonamides is 1. The molecule has 3 rings (SSSR count). The van der Waals surface area contributed by atoms with E-state index in [1.807, 2.05) is 57.2 Å². The first kappa shape index (κ1) is 31.5. The number of nitrogens with one attached hydrogen (secondary N) is 1. The van der Waals surface area contributed by atoms with E-state index in [1.54, 1.807) is 36.4 Å². The number of aryl methyl sites for hydroxylation is 1. The molecule has 214 valence electrons. The van der Waals surface area contributed by atoms with Gasteiger partial charge in [-0.25, -0.2) is 8.42 Å². The third-order valence-corrected chi connectivity index (χ3v) is 8.32. The molecule has 0 saturated heterocycles. The Balaban J connectivity index is 2.09. The van der Waals surface area contributed by atoms with Crippen molar-refractivity contribution in [3.8, 4) is 0 Å². The lowest BCUT2D eigenvalue weighted by molar-refractivity contribution is -0.140. The molecule has 2 atom stereocenters. The predicted molar refractivity (Wildman–Crippen MR) is 162 cm³/mol. The molecule has 0 heterocycles. The van der Waals surface area contributed by atoms with Gasteiger partial charge in [-0.15, -0.1) is 0 Å². The van der Waals surface area contributed by atoms with Gasteiger partial charge < -0.3 is 10.2 Å². The summed E-state index contributed by atoms with van der Waals surface area (Å²) in [6.45, 7) is 5.18. The number of hydrogen-bond acceptors (Lipinski definition) is 4. The standard InChI is InChI=1S/C30H35Cl2N3O4S/c1-5-22(3)33-30(37)28(17-23-11-7-6-8-12-23)34(19-24-14-15-25(31)18-27(24)32)29(36)20-35(40(4,38)39)26-13-9-10-21(2)16-26/h6-16,18,22,28H,5,17,19-20H2,1-4H3,(H,33,37)/t22-,28-/m1/s1. The monoisotopic (exact) mass is 603 g/mol. The summed E-state index contributed by atoms with van der Waals surface area (Å²) in [5.74, 6) is -0.878. The normalized spacial score (nSPS) is 12.8. The molecule has 3 aromatic rings. The molecule has 0 spiro atoms. The van der Waals surface area contributed by atoms with Crippen molar-refractivity contribution in [2.75, 3.05) is 17.1 Å². The molecule has 10 heteroatoms. The van der Waals surface area contributed by atoms with Gasteiger partial charge in [0, 0.05) is 29.1 Å². The molecule has 0 aromatic heterocycles. The Morgan fingerprint density at radius 2 is 1.68 bits per heavy atom. The van der Waals surface area contributed by atoms with Crippen LogP contribution in [-0.2, 0) is 32.6 Å². The second-order valence-corrected chi connectivity index (χ2v) is 12.6. The molecule has 0 radical (unpaired) electrons. The Morgan fingerprint density at radius 1 is 0.975 bits per heavy atom. The van der Waals surface area contributed by atoms with Crippen molar-refractivity contribution < 1.29 is 18.0 Å². The van der Waals surface area contributed by atoms with Gasteiger partial charge in [0.15, 0.2) is 0 Å². The molecular weight excluding hydrogens is 569 g/mol. The first-order chi connectivity index (χ1) is 18.9. The van der Waals surface area contributed by atoms with Crippen LogP contribution in [0.3, 0.4) is 0 Å². The third-order valence-electron chi connectivity index (χ3n) is 6.60. The van der Waals surface area contributed by atoms with Crippen molar-refractivity contribution in [1.29, 1.82) is 0 Å². The van der Waals surface area contributed by atoms with E-state index < -0.39 is 28.5 Å². The zero-order valence-corrected chi connectivity index (χ0v) is 25.4. The third kappa shape index (κ3) is 8.71. The van der Waals surface area contributed by atoms with Crippen LogP contribution in [0.5, 0.6) is 0 Å². The quantitative estimate of drug-likeness (QED) is 0.291. The van der Waals surface area contributed by atoms with Crippen molar-refractivity contribution >= 4 is 50.7 Å². The highest BCUT2D eigenvalue weighted by Crippen LogP contribution is 2.25.